The van der Waals surface area contributed by atoms with Crippen LogP contribution in [0.1, 0.15) is 46.2 Å². The first-order chi connectivity index (χ1) is 12.8. The van der Waals surface area contributed by atoms with Crippen LogP contribution in [-0.4, -0.2) is 37.5 Å². The summed E-state index contributed by atoms with van der Waals surface area (Å²) in [6.07, 6.45) is 0.0452. The van der Waals surface area contributed by atoms with Gasteiger partial charge in [-0.1, -0.05) is 0 Å². The summed E-state index contributed by atoms with van der Waals surface area (Å²) in [6.45, 7) is 7.51. The molecule has 0 unspecified atom stereocenters. The molecule has 2 N–H and O–H groups in total. The molecule has 0 spiro atoms. The lowest BCUT2D eigenvalue weighted by Gasteiger charge is -2.10. The number of nitrogens with one attached hydrogen (secondary N) is 2. The van der Waals surface area contributed by atoms with Gasteiger partial charge in [-0.25, -0.2) is 9.50 Å². The van der Waals surface area contributed by atoms with Crippen LogP contribution in [-0.2, 0) is 0 Å². The smallest absolute Gasteiger partial charge is 0.309 e. The molecule has 0 atom stereocenters. The number of hydrazine groups is 1. The van der Waals surface area contributed by atoms with Crippen molar-refractivity contribution < 1.29 is 14.3 Å². The van der Waals surface area contributed by atoms with Gasteiger partial charge in [0.05, 0.1) is 6.10 Å². The quantitative estimate of drug-likeness (QED) is 0.677. The Bertz CT molecular complexity index is 994. The Morgan fingerprint density at radius 3 is 2.37 bits per heavy atom. The van der Waals surface area contributed by atoms with E-state index in [0.29, 0.717) is 17.1 Å². The molecule has 9 nitrogen and oxygen atoms in total. The molecular weight excluding hydrogens is 348 g/mol. The van der Waals surface area contributed by atoms with E-state index in [-0.39, 0.29) is 11.9 Å². The molecular formula is C18H20N6O3. The molecule has 3 rings (SSSR count). The van der Waals surface area contributed by atoms with Crippen molar-refractivity contribution in [3.63, 3.8) is 0 Å². The molecule has 0 aliphatic heterocycles. The van der Waals surface area contributed by atoms with E-state index in [9.17, 15) is 9.59 Å². The second kappa shape index (κ2) is 7.40. The molecule has 27 heavy (non-hydrogen) atoms. The molecule has 140 valence electrons. The topological polar surface area (TPSA) is 111 Å². The number of rotatable bonds is 4. The normalized spacial score (nSPS) is 10.9. The first-order valence-corrected chi connectivity index (χ1v) is 8.42. The van der Waals surface area contributed by atoms with Crippen LogP contribution in [0.25, 0.3) is 5.78 Å². The summed E-state index contributed by atoms with van der Waals surface area (Å²) < 4.78 is 6.99. The van der Waals surface area contributed by atoms with Crippen LogP contribution < -0.4 is 15.6 Å². The van der Waals surface area contributed by atoms with Gasteiger partial charge in [-0.15, -0.1) is 5.10 Å². The maximum atomic E-state index is 12.2. The fourth-order valence-corrected chi connectivity index (χ4v) is 2.46. The van der Waals surface area contributed by atoms with Gasteiger partial charge in [-0.05, 0) is 58.0 Å². The lowest BCUT2D eigenvalue weighted by Crippen LogP contribution is -2.42. The average Bonchev–Trinajstić information content (AvgIpc) is 3.04. The van der Waals surface area contributed by atoms with Gasteiger partial charge >= 0.3 is 5.91 Å². The number of hydrogen-bond acceptors (Lipinski definition) is 6. The maximum Gasteiger partial charge on any atom is 0.309 e. The summed E-state index contributed by atoms with van der Waals surface area (Å²) in [5.74, 6) is -0.196. The van der Waals surface area contributed by atoms with E-state index in [0.717, 1.165) is 11.4 Å². The van der Waals surface area contributed by atoms with Crippen LogP contribution >= 0.6 is 0 Å². The standard InChI is InChI=1S/C18H20N6O3/c1-10(2)27-14-7-5-13(6-8-14)16(25)21-22-17(26)15-20-18-19-11(3)9-12(4)24(18)23-15/h5-10H,1-4H3,(H,21,25)(H,22,26). The average molecular weight is 368 g/mol. The molecule has 2 amide bonds. The lowest BCUT2D eigenvalue weighted by molar-refractivity contribution is 0.0841. The minimum absolute atomic E-state index is 0.0452. The van der Waals surface area contributed by atoms with Gasteiger partial charge in [0, 0.05) is 17.0 Å². The number of carbonyl (C=O) groups excluding carboxylic acids is 2. The highest BCUT2D eigenvalue weighted by Crippen LogP contribution is 2.13. The van der Waals surface area contributed by atoms with Crippen LogP contribution in [0, 0.1) is 13.8 Å². The van der Waals surface area contributed by atoms with E-state index in [1.165, 1.54) is 4.52 Å². The van der Waals surface area contributed by atoms with Crippen molar-refractivity contribution >= 4 is 17.6 Å². The van der Waals surface area contributed by atoms with E-state index in [2.05, 4.69) is 25.9 Å². The Labute approximate surface area is 155 Å². The Hall–Kier alpha value is -3.49. The number of amides is 2. The second-order valence-corrected chi connectivity index (χ2v) is 6.29. The zero-order valence-electron chi connectivity index (χ0n) is 15.5. The largest absolute Gasteiger partial charge is 0.491 e. The highest BCUT2D eigenvalue weighted by molar-refractivity contribution is 5.97. The number of ether oxygens (including phenoxy) is 1. The summed E-state index contributed by atoms with van der Waals surface area (Å²) in [4.78, 5) is 32.7. The molecule has 1 aromatic carbocycles. The predicted octanol–water partition coefficient (Wildman–Crippen LogP) is 1.60. The number of aromatic nitrogens is 4. The highest BCUT2D eigenvalue weighted by Gasteiger charge is 2.16. The van der Waals surface area contributed by atoms with Crippen molar-refractivity contribution in [2.45, 2.75) is 33.8 Å². The van der Waals surface area contributed by atoms with Gasteiger partial charge in [0.15, 0.2) is 0 Å². The monoisotopic (exact) mass is 368 g/mol. The molecule has 0 saturated carbocycles. The summed E-state index contributed by atoms with van der Waals surface area (Å²) in [6, 6.07) is 8.43. The van der Waals surface area contributed by atoms with E-state index >= 15 is 0 Å². The van der Waals surface area contributed by atoms with Gasteiger partial charge in [-0.3, -0.25) is 20.4 Å². The third kappa shape index (κ3) is 4.20. The van der Waals surface area contributed by atoms with E-state index in [1.54, 1.807) is 24.3 Å². The highest BCUT2D eigenvalue weighted by atomic mass is 16.5. The molecule has 9 heteroatoms. The number of fused-ring (bicyclic) bond motifs is 1. The number of nitrogens with zero attached hydrogens (tertiary/aromatic N) is 4. The van der Waals surface area contributed by atoms with Gasteiger partial charge in [0.25, 0.3) is 11.7 Å². The Kier molecular flexibility index (Phi) is 5.02. The summed E-state index contributed by atoms with van der Waals surface area (Å²) in [5, 5.41) is 4.11. The molecule has 0 aliphatic carbocycles. The number of benzene rings is 1. The van der Waals surface area contributed by atoms with E-state index < -0.39 is 11.8 Å². The zero-order valence-corrected chi connectivity index (χ0v) is 15.5. The molecule has 2 heterocycles. The van der Waals surface area contributed by atoms with Crippen molar-refractivity contribution in [1.82, 2.24) is 30.4 Å². The fraction of sp³-hybridized carbons (Fsp3) is 0.278. The lowest BCUT2D eigenvalue weighted by atomic mass is 10.2. The summed E-state index contributed by atoms with van der Waals surface area (Å²) >= 11 is 0. The van der Waals surface area contributed by atoms with Crippen LogP contribution in [0.2, 0.25) is 0 Å². The van der Waals surface area contributed by atoms with Gasteiger partial charge in [-0.2, -0.15) is 4.98 Å². The molecule has 0 radical (unpaired) electrons. The summed E-state index contributed by atoms with van der Waals surface area (Å²) in [7, 11) is 0. The first kappa shape index (κ1) is 18.3. The Morgan fingerprint density at radius 1 is 1.04 bits per heavy atom. The van der Waals surface area contributed by atoms with E-state index in [1.807, 2.05) is 33.8 Å². The van der Waals surface area contributed by atoms with Crippen molar-refractivity contribution in [3.05, 3.63) is 53.1 Å². The fourth-order valence-electron chi connectivity index (χ4n) is 2.46. The number of hydrogen-bond donors (Lipinski definition) is 2. The van der Waals surface area contributed by atoms with Crippen molar-refractivity contribution in [1.29, 1.82) is 0 Å². The third-order valence-electron chi connectivity index (χ3n) is 3.60. The molecule has 2 aromatic heterocycles. The van der Waals surface area contributed by atoms with Crippen molar-refractivity contribution in [3.8, 4) is 5.75 Å². The SMILES string of the molecule is Cc1cc(C)n2nc(C(=O)NNC(=O)c3ccc(OC(C)C)cc3)nc2n1. The van der Waals surface area contributed by atoms with Crippen LogP contribution in [0.15, 0.2) is 30.3 Å². The minimum atomic E-state index is -0.634. The molecule has 0 aliphatic rings. The third-order valence-corrected chi connectivity index (χ3v) is 3.60. The minimum Gasteiger partial charge on any atom is -0.491 e. The number of aryl methyl sites for hydroxylation is 2. The van der Waals surface area contributed by atoms with Crippen LogP contribution in [0.4, 0.5) is 0 Å². The van der Waals surface area contributed by atoms with Gasteiger partial charge < -0.3 is 4.74 Å². The van der Waals surface area contributed by atoms with E-state index in [4.69, 9.17) is 4.74 Å². The molecule has 0 fully saturated rings. The molecule has 0 saturated heterocycles. The molecule has 3 aromatic rings. The number of carbonyl (C=O) groups is 2. The summed E-state index contributed by atoms with van der Waals surface area (Å²) in [5.41, 5.74) is 6.60. The first-order valence-electron chi connectivity index (χ1n) is 8.42. The van der Waals surface area contributed by atoms with Crippen LogP contribution in [0.5, 0.6) is 5.75 Å². The maximum absolute atomic E-state index is 12.2. The zero-order chi connectivity index (χ0) is 19.6. The Balaban J connectivity index is 1.65. The van der Waals surface area contributed by atoms with Crippen molar-refractivity contribution in [2.24, 2.45) is 0 Å². The van der Waals surface area contributed by atoms with Crippen LogP contribution in [0.3, 0.4) is 0 Å². The second-order valence-electron chi connectivity index (χ2n) is 6.29. The molecule has 0 bridgehead atoms. The van der Waals surface area contributed by atoms with Crippen molar-refractivity contribution in [2.75, 3.05) is 0 Å². The Morgan fingerprint density at radius 2 is 1.70 bits per heavy atom. The predicted molar refractivity (Wildman–Crippen MR) is 97.4 cm³/mol. The van der Waals surface area contributed by atoms with Gasteiger partial charge in [0.1, 0.15) is 5.75 Å². The van der Waals surface area contributed by atoms with Gasteiger partial charge in [0.2, 0.25) is 5.82 Å².